The number of nitrogens with zero attached hydrogens (tertiary/aromatic N) is 2. The molecule has 1 saturated heterocycles. The molecule has 0 saturated carbocycles. The van der Waals surface area contributed by atoms with Crippen LogP contribution in [0.15, 0.2) is 84.9 Å². The molecule has 5 rings (SSSR count). The fourth-order valence-corrected chi connectivity index (χ4v) is 4.48. The van der Waals surface area contributed by atoms with Gasteiger partial charge in [0, 0.05) is 16.5 Å². The highest BCUT2D eigenvalue weighted by Gasteiger charge is 2.26. The molecule has 1 aliphatic heterocycles. The van der Waals surface area contributed by atoms with Gasteiger partial charge in [0.15, 0.2) is 0 Å². The Bertz CT molecular complexity index is 1230. The fourth-order valence-electron chi connectivity index (χ4n) is 4.48. The summed E-state index contributed by atoms with van der Waals surface area (Å²) in [6.07, 6.45) is 0. The molecule has 0 spiro atoms. The number of pyridine rings is 1. The van der Waals surface area contributed by atoms with E-state index in [-0.39, 0.29) is 5.91 Å². The molecule has 4 nitrogen and oxygen atoms in total. The number of para-hydroxylation sites is 1. The first-order valence-electron chi connectivity index (χ1n) is 11.3. The van der Waals surface area contributed by atoms with E-state index in [0.717, 1.165) is 60.4 Å². The molecule has 2 heterocycles. The topological polar surface area (TPSA) is 37.6 Å². The van der Waals surface area contributed by atoms with Gasteiger partial charge in [0.05, 0.1) is 43.0 Å². The number of amides is 1. The third-order valence-corrected chi connectivity index (χ3v) is 6.35. The summed E-state index contributed by atoms with van der Waals surface area (Å²) in [5, 5.41) is 0.924. The third-order valence-electron chi connectivity index (χ3n) is 6.35. The summed E-state index contributed by atoms with van der Waals surface area (Å²) in [5.41, 5.74) is 6.06. The number of carbonyl (C=O) groups is 1. The zero-order valence-corrected chi connectivity index (χ0v) is 18.4. The highest BCUT2D eigenvalue weighted by Crippen LogP contribution is 2.26. The SMILES string of the molecule is Cc1ccc(-c2cc(C(=O)N3CC[NH+](Cc4ccccc4)CC3)c3ccccc3n2)cc1. The number of fused-ring (bicyclic) bond motifs is 1. The molecule has 0 radical (unpaired) electrons. The number of hydrogen-bond acceptors (Lipinski definition) is 2. The molecule has 1 amide bonds. The van der Waals surface area contributed by atoms with Gasteiger partial charge in [0.2, 0.25) is 0 Å². The molecule has 32 heavy (non-hydrogen) atoms. The normalized spacial score (nSPS) is 14.6. The van der Waals surface area contributed by atoms with Gasteiger partial charge < -0.3 is 9.80 Å². The Morgan fingerprint density at radius 1 is 0.906 bits per heavy atom. The number of rotatable bonds is 4. The van der Waals surface area contributed by atoms with Crippen molar-refractivity contribution in [1.82, 2.24) is 9.88 Å². The van der Waals surface area contributed by atoms with Gasteiger partial charge in [-0.25, -0.2) is 4.98 Å². The lowest BCUT2D eigenvalue weighted by Gasteiger charge is -2.32. The Labute approximate surface area is 189 Å². The smallest absolute Gasteiger partial charge is 0.255 e. The van der Waals surface area contributed by atoms with Crippen molar-refractivity contribution in [2.24, 2.45) is 0 Å². The zero-order valence-electron chi connectivity index (χ0n) is 18.4. The minimum atomic E-state index is 0.107. The van der Waals surface area contributed by atoms with Crippen molar-refractivity contribution in [2.45, 2.75) is 13.5 Å². The number of aryl methyl sites for hydroxylation is 1. The standard InChI is InChI=1S/C28H27N3O/c1-21-11-13-23(14-12-21)27-19-25(24-9-5-6-10-26(24)29-27)28(32)31-17-15-30(16-18-31)20-22-7-3-2-4-8-22/h2-14,19H,15-18,20H2,1H3/p+1. The van der Waals surface area contributed by atoms with E-state index in [9.17, 15) is 4.79 Å². The summed E-state index contributed by atoms with van der Waals surface area (Å²) in [6, 6.07) is 28.9. The van der Waals surface area contributed by atoms with E-state index in [0.29, 0.717) is 0 Å². The van der Waals surface area contributed by atoms with E-state index in [1.54, 1.807) is 0 Å². The summed E-state index contributed by atoms with van der Waals surface area (Å²) in [4.78, 5) is 22.0. The molecular weight excluding hydrogens is 394 g/mol. The molecule has 0 unspecified atom stereocenters. The number of carbonyl (C=O) groups excluding carboxylic acids is 1. The van der Waals surface area contributed by atoms with E-state index in [1.807, 2.05) is 35.2 Å². The van der Waals surface area contributed by atoms with E-state index >= 15 is 0 Å². The van der Waals surface area contributed by atoms with E-state index < -0.39 is 0 Å². The van der Waals surface area contributed by atoms with Crippen molar-refractivity contribution < 1.29 is 9.69 Å². The fraction of sp³-hybridized carbons (Fsp3) is 0.214. The van der Waals surface area contributed by atoms with Crippen molar-refractivity contribution in [3.63, 3.8) is 0 Å². The molecule has 0 bridgehead atoms. The summed E-state index contributed by atoms with van der Waals surface area (Å²) in [6.45, 7) is 6.57. The van der Waals surface area contributed by atoms with Gasteiger partial charge >= 0.3 is 0 Å². The number of quaternary nitrogens is 1. The average Bonchev–Trinajstić information content (AvgIpc) is 2.84. The molecule has 4 aromatic rings. The van der Waals surface area contributed by atoms with Crippen LogP contribution in [-0.4, -0.2) is 42.0 Å². The molecule has 0 aliphatic carbocycles. The summed E-state index contributed by atoms with van der Waals surface area (Å²) in [7, 11) is 0. The lowest BCUT2D eigenvalue weighted by molar-refractivity contribution is -0.917. The Hall–Kier alpha value is -3.50. The van der Waals surface area contributed by atoms with Crippen LogP contribution in [0, 0.1) is 6.92 Å². The highest BCUT2D eigenvalue weighted by atomic mass is 16.2. The molecule has 160 valence electrons. The van der Waals surface area contributed by atoms with Crippen molar-refractivity contribution >= 4 is 16.8 Å². The molecule has 1 N–H and O–H groups in total. The highest BCUT2D eigenvalue weighted by molar-refractivity contribution is 6.07. The first kappa shape index (κ1) is 20.4. The van der Waals surface area contributed by atoms with Crippen LogP contribution in [0.2, 0.25) is 0 Å². The van der Waals surface area contributed by atoms with Gasteiger partial charge in [-0.15, -0.1) is 0 Å². The predicted molar refractivity (Wildman–Crippen MR) is 129 cm³/mol. The Balaban J connectivity index is 1.39. The molecule has 1 aromatic heterocycles. The first-order chi connectivity index (χ1) is 15.7. The minimum absolute atomic E-state index is 0.107. The van der Waals surface area contributed by atoms with Gasteiger partial charge in [-0.3, -0.25) is 4.79 Å². The van der Waals surface area contributed by atoms with E-state index in [4.69, 9.17) is 4.98 Å². The van der Waals surface area contributed by atoms with E-state index in [1.165, 1.54) is 16.0 Å². The quantitative estimate of drug-likeness (QED) is 0.544. The lowest BCUT2D eigenvalue weighted by Crippen LogP contribution is -3.13. The molecule has 1 aliphatic rings. The summed E-state index contributed by atoms with van der Waals surface area (Å²) < 4.78 is 0. The van der Waals surface area contributed by atoms with Gasteiger partial charge in [-0.05, 0) is 19.1 Å². The Morgan fingerprint density at radius 2 is 1.59 bits per heavy atom. The Kier molecular flexibility index (Phi) is 5.70. The maximum absolute atomic E-state index is 13.6. The monoisotopic (exact) mass is 422 g/mol. The maximum atomic E-state index is 13.6. The first-order valence-corrected chi connectivity index (χ1v) is 11.3. The van der Waals surface area contributed by atoms with Crippen molar-refractivity contribution in [3.05, 3.63) is 102 Å². The third kappa shape index (κ3) is 4.27. The second-order valence-corrected chi connectivity index (χ2v) is 8.64. The van der Waals surface area contributed by atoms with Gasteiger partial charge in [0.1, 0.15) is 6.54 Å². The van der Waals surface area contributed by atoms with E-state index in [2.05, 4.69) is 61.5 Å². The number of nitrogens with one attached hydrogen (secondary N) is 1. The summed E-state index contributed by atoms with van der Waals surface area (Å²) in [5.74, 6) is 0.107. The number of piperazine rings is 1. The van der Waals surface area contributed by atoms with Crippen molar-refractivity contribution in [2.75, 3.05) is 26.2 Å². The van der Waals surface area contributed by atoms with Crippen LogP contribution in [0.3, 0.4) is 0 Å². The molecular formula is C28H28N3O+. The van der Waals surface area contributed by atoms with Crippen LogP contribution < -0.4 is 4.90 Å². The largest absolute Gasteiger partial charge is 0.328 e. The average molecular weight is 423 g/mol. The zero-order chi connectivity index (χ0) is 21.9. The van der Waals surface area contributed by atoms with Crippen LogP contribution in [0.4, 0.5) is 0 Å². The second-order valence-electron chi connectivity index (χ2n) is 8.64. The van der Waals surface area contributed by atoms with Crippen molar-refractivity contribution in [1.29, 1.82) is 0 Å². The van der Waals surface area contributed by atoms with Gasteiger partial charge in [-0.2, -0.15) is 0 Å². The van der Waals surface area contributed by atoms with Gasteiger partial charge in [-0.1, -0.05) is 78.4 Å². The predicted octanol–water partition coefficient (Wildman–Crippen LogP) is 3.75. The van der Waals surface area contributed by atoms with Crippen molar-refractivity contribution in [3.8, 4) is 11.3 Å². The lowest BCUT2D eigenvalue weighted by atomic mass is 10.0. The number of hydrogen-bond donors (Lipinski definition) is 1. The van der Waals surface area contributed by atoms with Crippen LogP contribution in [-0.2, 0) is 6.54 Å². The van der Waals surface area contributed by atoms with Crippen LogP contribution in [0.1, 0.15) is 21.5 Å². The number of aromatic nitrogens is 1. The van der Waals surface area contributed by atoms with Crippen LogP contribution in [0.25, 0.3) is 22.2 Å². The molecule has 0 atom stereocenters. The molecule has 1 fully saturated rings. The van der Waals surface area contributed by atoms with Crippen LogP contribution in [0.5, 0.6) is 0 Å². The Morgan fingerprint density at radius 3 is 2.34 bits per heavy atom. The second kappa shape index (κ2) is 8.93. The summed E-state index contributed by atoms with van der Waals surface area (Å²) >= 11 is 0. The molecule has 4 heteroatoms. The molecule has 3 aromatic carbocycles. The van der Waals surface area contributed by atoms with Crippen LogP contribution >= 0.6 is 0 Å². The minimum Gasteiger partial charge on any atom is -0.328 e. The van der Waals surface area contributed by atoms with Gasteiger partial charge in [0.25, 0.3) is 5.91 Å². The number of benzene rings is 3. The maximum Gasteiger partial charge on any atom is 0.255 e.